The zero-order valence-electron chi connectivity index (χ0n) is 13.0. The highest BCUT2D eigenvalue weighted by atomic mass is 16.6. The molecule has 0 radical (unpaired) electrons. The molecule has 0 N–H and O–H groups in total. The predicted octanol–water partition coefficient (Wildman–Crippen LogP) is 2.24. The summed E-state index contributed by atoms with van der Waals surface area (Å²) >= 11 is 0. The van der Waals surface area contributed by atoms with Crippen molar-refractivity contribution in [3.63, 3.8) is 0 Å². The SMILES string of the molecule is CCOC(=O)c1cnc2c3cc([N+](=O)[O-])ccc3c(C)cn2c1=O. The minimum absolute atomic E-state index is 0.0984. The van der Waals surface area contributed by atoms with E-state index in [1.807, 2.05) is 0 Å². The van der Waals surface area contributed by atoms with Crippen LogP contribution in [-0.2, 0) is 4.74 Å². The first-order chi connectivity index (χ1) is 11.4. The van der Waals surface area contributed by atoms with Crippen LogP contribution in [-0.4, -0.2) is 26.9 Å². The number of hydrogen-bond acceptors (Lipinski definition) is 6. The van der Waals surface area contributed by atoms with Gasteiger partial charge in [-0.1, -0.05) is 0 Å². The molecule has 0 aliphatic carbocycles. The van der Waals surface area contributed by atoms with Crippen molar-refractivity contribution in [1.29, 1.82) is 0 Å². The van der Waals surface area contributed by atoms with Gasteiger partial charge in [-0.3, -0.25) is 19.3 Å². The van der Waals surface area contributed by atoms with E-state index in [-0.39, 0.29) is 23.5 Å². The summed E-state index contributed by atoms with van der Waals surface area (Å²) in [6.07, 6.45) is 2.70. The lowest BCUT2D eigenvalue weighted by molar-refractivity contribution is -0.384. The fourth-order valence-corrected chi connectivity index (χ4v) is 2.57. The predicted molar refractivity (Wildman–Crippen MR) is 86.3 cm³/mol. The molecule has 24 heavy (non-hydrogen) atoms. The van der Waals surface area contributed by atoms with Crippen LogP contribution < -0.4 is 5.56 Å². The van der Waals surface area contributed by atoms with E-state index >= 15 is 0 Å². The number of benzene rings is 1. The number of hydrogen-bond donors (Lipinski definition) is 0. The molecule has 0 atom stereocenters. The number of fused-ring (bicyclic) bond motifs is 3. The summed E-state index contributed by atoms with van der Waals surface area (Å²) in [5, 5.41) is 12.2. The van der Waals surface area contributed by atoms with Gasteiger partial charge in [-0.05, 0) is 30.9 Å². The first-order valence-corrected chi connectivity index (χ1v) is 7.20. The Bertz CT molecular complexity index is 1050. The molecule has 3 rings (SSSR count). The molecule has 0 amide bonds. The van der Waals surface area contributed by atoms with E-state index in [1.165, 1.54) is 16.5 Å². The Hall–Kier alpha value is -3.29. The van der Waals surface area contributed by atoms with Crippen LogP contribution in [0.1, 0.15) is 22.8 Å². The molecule has 122 valence electrons. The van der Waals surface area contributed by atoms with Crippen LogP contribution in [0, 0.1) is 17.0 Å². The second-order valence-corrected chi connectivity index (χ2v) is 5.19. The van der Waals surface area contributed by atoms with E-state index < -0.39 is 16.5 Å². The van der Waals surface area contributed by atoms with Gasteiger partial charge < -0.3 is 4.74 Å². The average molecular weight is 327 g/mol. The van der Waals surface area contributed by atoms with Gasteiger partial charge in [-0.2, -0.15) is 0 Å². The number of carbonyl (C=O) groups excluding carboxylic acids is 1. The summed E-state index contributed by atoms with van der Waals surface area (Å²) in [6.45, 7) is 3.56. The van der Waals surface area contributed by atoms with Crippen molar-refractivity contribution in [2.75, 3.05) is 6.61 Å². The average Bonchev–Trinajstić information content (AvgIpc) is 2.55. The van der Waals surface area contributed by atoms with Crippen molar-refractivity contribution in [3.8, 4) is 0 Å². The summed E-state index contributed by atoms with van der Waals surface area (Å²) in [7, 11) is 0. The Morgan fingerprint density at radius 1 is 1.38 bits per heavy atom. The summed E-state index contributed by atoms with van der Waals surface area (Å²) in [4.78, 5) is 39.0. The van der Waals surface area contributed by atoms with Crippen LogP contribution in [0.4, 0.5) is 5.69 Å². The maximum Gasteiger partial charge on any atom is 0.345 e. The quantitative estimate of drug-likeness (QED) is 0.316. The van der Waals surface area contributed by atoms with E-state index in [1.54, 1.807) is 26.1 Å². The number of aromatic nitrogens is 2. The number of rotatable bonds is 3. The maximum atomic E-state index is 12.5. The number of pyridine rings is 1. The monoisotopic (exact) mass is 327 g/mol. The van der Waals surface area contributed by atoms with Gasteiger partial charge in [-0.25, -0.2) is 9.78 Å². The first kappa shape index (κ1) is 15.6. The van der Waals surface area contributed by atoms with Crippen LogP contribution in [0.3, 0.4) is 0 Å². The van der Waals surface area contributed by atoms with Crippen molar-refractivity contribution in [2.45, 2.75) is 13.8 Å². The molecule has 0 bridgehead atoms. The summed E-state index contributed by atoms with van der Waals surface area (Å²) in [5.41, 5.74) is 0.127. The highest BCUT2D eigenvalue weighted by Crippen LogP contribution is 2.26. The minimum Gasteiger partial charge on any atom is -0.462 e. The highest BCUT2D eigenvalue weighted by Gasteiger charge is 2.17. The highest BCUT2D eigenvalue weighted by molar-refractivity contribution is 5.98. The molecule has 1 aromatic carbocycles. The topological polar surface area (TPSA) is 104 Å². The maximum absolute atomic E-state index is 12.5. The molecule has 0 spiro atoms. The van der Waals surface area contributed by atoms with Crippen LogP contribution in [0.15, 0.2) is 35.4 Å². The van der Waals surface area contributed by atoms with Gasteiger partial charge in [0, 0.05) is 29.9 Å². The van der Waals surface area contributed by atoms with Gasteiger partial charge in [0.15, 0.2) is 0 Å². The number of carbonyl (C=O) groups is 1. The van der Waals surface area contributed by atoms with E-state index in [9.17, 15) is 19.7 Å². The Balaban J connectivity index is 2.38. The molecule has 0 aliphatic rings. The Morgan fingerprint density at radius 3 is 2.79 bits per heavy atom. The number of esters is 1. The zero-order chi connectivity index (χ0) is 17.4. The largest absolute Gasteiger partial charge is 0.462 e. The van der Waals surface area contributed by atoms with Gasteiger partial charge in [0.25, 0.3) is 11.2 Å². The van der Waals surface area contributed by atoms with Crippen molar-refractivity contribution in [2.24, 2.45) is 0 Å². The van der Waals surface area contributed by atoms with Gasteiger partial charge in [0.2, 0.25) is 0 Å². The molecule has 0 aliphatic heterocycles. The fourth-order valence-electron chi connectivity index (χ4n) is 2.57. The smallest absolute Gasteiger partial charge is 0.345 e. The molecule has 3 aromatic rings. The van der Waals surface area contributed by atoms with Gasteiger partial charge in [0.05, 0.1) is 11.5 Å². The standard InChI is InChI=1S/C16H13N3O5/c1-3-24-16(21)13-7-17-14-12-6-10(19(22)23)4-5-11(12)9(2)8-18(14)15(13)20/h4-8H,3H2,1-2H3. The van der Waals surface area contributed by atoms with E-state index in [0.717, 1.165) is 17.1 Å². The fraction of sp³-hybridized carbons (Fsp3) is 0.188. The van der Waals surface area contributed by atoms with Crippen LogP contribution in [0.25, 0.3) is 16.4 Å². The molecule has 0 saturated heterocycles. The number of non-ortho nitro benzene ring substituents is 1. The molecular formula is C16H13N3O5. The third-order valence-electron chi connectivity index (χ3n) is 3.69. The van der Waals surface area contributed by atoms with Crippen LogP contribution >= 0.6 is 0 Å². The van der Waals surface area contributed by atoms with E-state index in [2.05, 4.69) is 4.98 Å². The van der Waals surface area contributed by atoms with Crippen LogP contribution in [0.5, 0.6) is 0 Å². The van der Waals surface area contributed by atoms with Crippen LogP contribution in [0.2, 0.25) is 0 Å². The Labute approximate surface area is 135 Å². The molecule has 2 aromatic heterocycles. The number of ether oxygens (including phenoxy) is 1. The van der Waals surface area contributed by atoms with E-state index in [4.69, 9.17) is 4.74 Å². The normalized spacial score (nSPS) is 10.9. The van der Waals surface area contributed by atoms with Crippen molar-refractivity contribution >= 4 is 28.1 Å². The molecule has 8 nitrogen and oxygen atoms in total. The van der Waals surface area contributed by atoms with Crippen molar-refractivity contribution < 1.29 is 14.5 Å². The second-order valence-electron chi connectivity index (χ2n) is 5.19. The number of nitro benzene ring substituents is 1. The zero-order valence-corrected chi connectivity index (χ0v) is 13.0. The molecular weight excluding hydrogens is 314 g/mol. The summed E-state index contributed by atoms with van der Waals surface area (Å²) in [6, 6.07) is 4.39. The van der Waals surface area contributed by atoms with Crippen molar-refractivity contribution in [1.82, 2.24) is 9.38 Å². The lowest BCUT2D eigenvalue weighted by atomic mass is 10.1. The molecule has 0 fully saturated rings. The molecule has 0 saturated carbocycles. The van der Waals surface area contributed by atoms with Gasteiger partial charge in [-0.15, -0.1) is 0 Å². The lowest BCUT2D eigenvalue weighted by Crippen LogP contribution is -2.24. The molecule has 8 heteroatoms. The number of nitrogens with zero attached hydrogens (tertiary/aromatic N) is 3. The lowest BCUT2D eigenvalue weighted by Gasteiger charge is -2.09. The molecule has 2 heterocycles. The van der Waals surface area contributed by atoms with E-state index in [0.29, 0.717) is 5.39 Å². The number of aryl methyl sites for hydroxylation is 1. The van der Waals surface area contributed by atoms with Crippen molar-refractivity contribution in [3.05, 3.63) is 62.2 Å². The first-order valence-electron chi connectivity index (χ1n) is 7.20. The second kappa shape index (κ2) is 5.73. The summed E-state index contributed by atoms with van der Waals surface area (Å²) < 4.78 is 6.06. The Kier molecular flexibility index (Phi) is 3.72. The number of nitro groups is 1. The minimum atomic E-state index is -0.749. The van der Waals surface area contributed by atoms with Gasteiger partial charge in [0.1, 0.15) is 11.2 Å². The molecule has 0 unspecified atom stereocenters. The third-order valence-corrected chi connectivity index (χ3v) is 3.69. The van der Waals surface area contributed by atoms with Gasteiger partial charge >= 0.3 is 5.97 Å². The third kappa shape index (κ3) is 2.37. The Morgan fingerprint density at radius 2 is 2.12 bits per heavy atom. The summed E-state index contributed by atoms with van der Waals surface area (Å²) in [5.74, 6) is -0.749.